The first-order chi connectivity index (χ1) is 6.86. The number of hydrogen-bond acceptors (Lipinski definition) is 4. The third-order valence-electron chi connectivity index (χ3n) is 3.43. The van der Waals surface area contributed by atoms with Crippen molar-refractivity contribution in [2.24, 2.45) is 11.8 Å². The molecule has 15 heavy (non-hydrogen) atoms. The second kappa shape index (κ2) is 4.49. The van der Waals surface area contributed by atoms with Gasteiger partial charge in [-0.1, -0.05) is 0 Å². The number of hydrogen-bond donors (Lipinski definition) is 3. The summed E-state index contributed by atoms with van der Waals surface area (Å²) in [5.41, 5.74) is 0. The van der Waals surface area contributed by atoms with Gasteiger partial charge in [0.2, 0.25) is 5.91 Å². The topological polar surface area (TPSA) is 53.2 Å². The van der Waals surface area contributed by atoms with Gasteiger partial charge in [0.05, 0.1) is 6.04 Å². The van der Waals surface area contributed by atoms with E-state index in [2.05, 4.69) is 16.0 Å². The normalized spacial score (nSPS) is 41.9. The molecule has 86 valence electrons. The van der Waals surface area contributed by atoms with Gasteiger partial charge < -0.3 is 10.6 Å². The van der Waals surface area contributed by atoms with E-state index in [1.807, 2.05) is 0 Å². The van der Waals surface area contributed by atoms with Gasteiger partial charge in [-0.2, -0.15) is 0 Å². The average Bonchev–Trinajstić information content (AvgIpc) is 2.75. The molecule has 0 spiro atoms. The molecule has 0 aromatic rings. The van der Waals surface area contributed by atoms with Crippen LogP contribution in [0.15, 0.2) is 0 Å². The van der Waals surface area contributed by atoms with Crippen molar-refractivity contribution in [1.29, 1.82) is 0 Å². The van der Waals surface area contributed by atoms with Crippen LogP contribution < -0.4 is 16.0 Å². The van der Waals surface area contributed by atoms with Crippen LogP contribution in [0.2, 0.25) is 0 Å². The molecule has 0 radical (unpaired) electrons. The Balaban J connectivity index is 0.000000853. The molecule has 1 saturated carbocycles. The van der Waals surface area contributed by atoms with Gasteiger partial charge in [-0.15, -0.1) is 24.2 Å². The summed E-state index contributed by atoms with van der Waals surface area (Å²) in [5.74, 6) is 3.47. The van der Waals surface area contributed by atoms with E-state index in [1.54, 1.807) is 11.8 Å². The lowest BCUT2D eigenvalue weighted by Crippen LogP contribution is -2.44. The summed E-state index contributed by atoms with van der Waals surface area (Å²) in [7, 11) is 0. The van der Waals surface area contributed by atoms with Crippen molar-refractivity contribution >= 4 is 30.1 Å². The minimum Gasteiger partial charge on any atom is -0.351 e. The van der Waals surface area contributed by atoms with E-state index in [1.165, 1.54) is 0 Å². The molecule has 3 unspecified atom stereocenters. The lowest BCUT2D eigenvalue weighted by molar-refractivity contribution is -0.122. The molecule has 3 rings (SSSR count). The van der Waals surface area contributed by atoms with E-state index in [0.29, 0.717) is 17.9 Å². The molecular formula is C9H16ClN3OS. The van der Waals surface area contributed by atoms with Gasteiger partial charge in [0, 0.05) is 30.8 Å². The monoisotopic (exact) mass is 249 g/mol. The third-order valence-corrected chi connectivity index (χ3v) is 4.37. The second-order valence-electron chi connectivity index (χ2n) is 4.29. The van der Waals surface area contributed by atoms with Crippen LogP contribution in [0, 0.1) is 11.8 Å². The van der Waals surface area contributed by atoms with Crippen LogP contribution in [-0.2, 0) is 4.79 Å². The van der Waals surface area contributed by atoms with Crippen LogP contribution in [0.1, 0.15) is 0 Å². The predicted octanol–water partition coefficient (Wildman–Crippen LogP) is -0.595. The highest BCUT2D eigenvalue weighted by atomic mass is 35.5. The maximum atomic E-state index is 11.7. The fraction of sp³-hybridized carbons (Fsp3) is 0.889. The third kappa shape index (κ3) is 2.11. The molecule has 2 saturated heterocycles. The van der Waals surface area contributed by atoms with E-state index in [-0.39, 0.29) is 24.4 Å². The lowest BCUT2D eigenvalue weighted by atomic mass is 10.3. The molecule has 1 amide bonds. The Hall–Kier alpha value is 0.0300. The zero-order valence-electron chi connectivity index (χ0n) is 8.36. The number of amides is 1. The van der Waals surface area contributed by atoms with Gasteiger partial charge in [-0.05, 0) is 11.8 Å². The van der Waals surface area contributed by atoms with Crippen molar-refractivity contribution in [3.63, 3.8) is 0 Å². The fourth-order valence-electron chi connectivity index (χ4n) is 2.46. The maximum Gasteiger partial charge on any atom is 0.238 e. The summed E-state index contributed by atoms with van der Waals surface area (Å²) < 4.78 is 0. The number of thioether (sulfide) groups is 1. The molecule has 6 heteroatoms. The van der Waals surface area contributed by atoms with E-state index < -0.39 is 0 Å². The fourth-order valence-corrected chi connectivity index (χ4v) is 3.40. The van der Waals surface area contributed by atoms with Crippen LogP contribution in [0.3, 0.4) is 0 Å². The smallest absolute Gasteiger partial charge is 0.238 e. The zero-order chi connectivity index (χ0) is 9.54. The van der Waals surface area contributed by atoms with Gasteiger partial charge in [-0.25, -0.2) is 0 Å². The van der Waals surface area contributed by atoms with Crippen molar-refractivity contribution in [2.75, 3.05) is 24.7 Å². The SMILES string of the molecule is Cl.O=C(NC1C2CNCC21)C1CSCN1. The van der Waals surface area contributed by atoms with Gasteiger partial charge in [0.15, 0.2) is 0 Å². The number of nitrogens with one attached hydrogen (secondary N) is 3. The van der Waals surface area contributed by atoms with Crippen molar-refractivity contribution in [3.05, 3.63) is 0 Å². The van der Waals surface area contributed by atoms with Gasteiger partial charge >= 0.3 is 0 Å². The van der Waals surface area contributed by atoms with Gasteiger partial charge in [-0.3, -0.25) is 10.1 Å². The number of fused-ring (bicyclic) bond motifs is 1. The number of rotatable bonds is 2. The molecule has 4 nitrogen and oxygen atoms in total. The first-order valence-corrected chi connectivity index (χ1v) is 6.34. The quantitative estimate of drug-likeness (QED) is 0.612. The number of piperidine rings is 1. The Bertz CT molecular complexity index is 250. The van der Waals surface area contributed by atoms with Crippen LogP contribution in [-0.4, -0.2) is 42.7 Å². The minimum absolute atomic E-state index is 0. The first kappa shape index (κ1) is 11.5. The van der Waals surface area contributed by atoms with Crippen LogP contribution in [0.25, 0.3) is 0 Å². The summed E-state index contributed by atoms with van der Waals surface area (Å²) in [6.07, 6.45) is 0. The molecule has 2 heterocycles. The molecule has 3 N–H and O–H groups in total. The Morgan fingerprint density at radius 1 is 1.33 bits per heavy atom. The number of carbonyl (C=O) groups is 1. The summed E-state index contributed by atoms with van der Waals surface area (Å²) in [5, 5.41) is 9.66. The first-order valence-electron chi connectivity index (χ1n) is 5.18. The molecular weight excluding hydrogens is 234 g/mol. The van der Waals surface area contributed by atoms with E-state index in [0.717, 1.165) is 24.7 Å². The van der Waals surface area contributed by atoms with Crippen LogP contribution in [0.4, 0.5) is 0 Å². The Labute approximate surface area is 99.7 Å². The molecule has 3 aliphatic rings. The summed E-state index contributed by atoms with van der Waals surface area (Å²) in [4.78, 5) is 11.7. The largest absolute Gasteiger partial charge is 0.351 e. The molecule has 3 fully saturated rings. The summed E-state index contributed by atoms with van der Waals surface area (Å²) in [6.45, 7) is 2.17. The van der Waals surface area contributed by atoms with Gasteiger partial charge in [0.25, 0.3) is 0 Å². The minimum atomic E-state index is 0. The Morgan fingerprint density at radius 2 is 2.07 bits per heavy atom. The molecule has 0 aromatic carbocycles. The van der Waals surface area contributed by atoms with Crippen molar-refractivity contribution in [1.82, 2.24) is 16.0 Å². The Kier molecular flexibility index (Phi) is 3.45. The second-order valence-corrected chi connectivity index (χ2v) is 5.32. The molecule has 0 aromatic heterocycles. The molecule has 1 aliphatic carbocycles. The highest BCUT2D eigenvalue weighted by Crippen LogP contribution is 2.41. The van der Waals surface area contributed by atoms with Crippen LogP contribution >= 0.6 is 24.2 Å². The number of halogens is 1. The predicted molar refractivity (Wildman–Crippen MR) is 63.3 cm³/mol. The maximum absolute atomic E-state index is 11.7. The highest BCUT2D eigenvalue weighted by molar-refractivity contribution is 7.99. The zero-order valence-corrected chi connectivity index (χ0v) is 10.00. The standard InChI is InChI=1S/C9H15N3OS.ClH/c13-9(7-3-14-4-11-7)12-8-5-1-10-2-6(5)8;/h5-8,10-11H,1-4H2,(H,12,13);1H. The van der Waals surface area contributed by atoms with Gasteiger partial charge in [0.1, 0.15) is 0 Å². The van der Waals surface area contributed by atoms with E-state index >= 15 is 0 Å². The van der Waals surface area contributed by atoms with E-state index in [9.17, 15) is 4.79 Å². The van der Waals surface area contributed by atoms with Crippen molar-refractivity contribution in [2.45, 2.75) is 12.1 Å². The molecule has 0 bridgehead atoms. The van der Waals surface area contributed by atoms with Crippen molar-refractivity contribution in [3.8, 4) is 0 Å². The average molecular weight is 250 g/mol. The summed E-state index contributed by atoms with van der Waals surface area (Å²) >= 11 is 1.80. The number of carbonyl (C=O) groups excluding carboxylic acids is 1. The summed E-state index contributed by atoms with van der Waals surface area (Å²) in [6, 6.07) is 0.519. The molecule has 2 aliphatic heterocycles. The highest BCUT2D eigenvalue weighted by Gasteiger charge is 2.53. The Morgan fingerprint density at radius 3 is 2.67 bits per heavy atom. The lowest BCUT2D eigenvalue weighted by Gasteiger charge is -2.11. The van der Waals surface area contributed by atoms with Crippen molar-refractivity contribution < 1.29 is 4.79 Å². The molecule has 3 atom stereocenters. The van der Waals surface area contributed by atoms with E-state index in [4.69, 9.17) is 0 Å². The van der Waals surface area contributed by atoms with Crippen LogP contribution in [0.5, 0.6) is 0 Å².